The molecule has 0 aliphatic carbocycles. The summed E-state index contributed by atoms with van der Waals surface area (Å²) in [4.78, 5) is 3.50. The summed E-state index contributed by atoms with van der Waals surface area (Å²) < 4.78 is 5.75. The first kappa shape index (κ1) is 14.9. The summed E-state index contributed by atoms with van der Waals surface area (Å²) in [6, 6.07) is 12.4. The fraction of sp³-hybridized carbons (Fsp3) is 0.375. The number of nitrogens with one attached hydrogen (secondary N) is 1. The van der Waals surface area contributed by atoms with Crippen LogP contribution in [0.2, 0.25) is 0 Å². The molecule has 1 aromatic carbocycles. The van der Waals surface area contributed by atoms with E-state index in [4.69, 9.17) is 4.74 Å². The maximum Gasteiger partial charge on any atom is 0.121 e. The summed E-state index contributed by atoms with van der Waals surface area (Å²) in [5.41, 5.74) is 1.16. The van der Waals surface area contributed by atoms with Gasteiger partial charge < -0.3 is 15.0 Å². The lowest BCUT2D eigenvalue weighted by Gasteiger charge is -2.14. The molecule has 0 fully saturated rings. The maximum absolute atomic E-state index is 5.75. The first-order valence-corrected chi connectivity index (χ1v) is 7.77. The van der Waals surface area contributed by atoms with E-state index in [0.717, 1.165) is 30.9 Å². The van der Waals surface area contributed by atoms with E-state index in [-0.39, 0.29) is 0 Å². The number of nitrogens with zero attached hydrogens (tertiary/aromatic N) is 1. The lowest BCUT2D eigenvalue weighted by molar-refractivity contribution is 0.314. The first-order valence-electron chi connectivity index (χ1n) is 6.89. The van der Waals surface area contributed by atoms with Gasteiger partial charge in [-0.3, -0.25) is 0 Å². The van der Waals surface area contributed by atoms with Crippen molar-refractivity contribution in [3.05, 3.63) is 46.7 Å². The summed E-state index contributed by atoms with van der Waals surface area (Å²) in [7, 11) is 4.07. The molecule has 0 amide bonds. The highest BCUT2D eigenvalue weighted by Gasteiger charge is 1.98. The molecule has 1 N–H and O–H groups in total. The highest BCUT2D eigenvalue weighted by atomic mass is 32.1. The van der Waals surface area contributed by atoms with Crippen LogP contribution < -0.4 is 15.0 Å². The molecule has 4 heteroatoms. The van der Waals surface area contributed by atoms with Crippen molar-refractivity contribution in [3.63, 3.8) is 0 Å². The first-order chi connectivity index (χ1) is 9.75. The van der Waals surface area contributed by atoms with Crippen LogP contribution in [-0.2, 0) is 6.42 Å². The van der Waals surface area contributed by atoms with Gasteiger partial charge in [0.05, 0.1) is 0 Å². The Morgan fingerprint density at radius 3 is 2.80 bits per heavy atom. The van der Waals surface area contributed by atoms with Crippen LogP contribution in [-0.4, -0.2) is 33.8 Å². The molecule has 0 saturated heterocycles. The molecule has 20 heavy (non-hydrogen) atoms. The lowest BCUT2D eigenvalue weighted by atomic mass is 10.3. The Bertz CT molecular complexity index is 497. The summed E-state index contributed by atoms with van der Waals surface area (Å²) in [6.07, 6.45) is 1.09. The number of anilines is 1. The van der Waals surface area contributed by atoms with Gasteiger partial charge in [-0.1, -0.05) is 12.1 Å². The molecule has 1 aromatic heterocycles. The zero-order chi connectivity index (χ0) is 14.2. The van der Waals surface area contributed by atoms with E-state index < -0.39 is 0 Å². The third kappa shape index (κ3) is 4.87. The third-order valence-corrected chi connectivity index (χ3v) is 3.95. The van der Waals surface area contributed by atoms with Crippen LogP contribution in [0.1, 0.15) is 4.88 Å². The van der Waals surface area contributed by atoms with E-state index in [1.54, 1.807) is 0 Å². The van der Waals surface area contributed by atoms with Gasteiger partial charge in [-0.2, -0.15) is 0 Å². The highest BCUT2D eigenvalue weighted by molar-refractivity contribution is 7.09. The molecule has 2 rings (SSSR count). The fourth-order valence-corrected chi connectivity index (χ4v) is 2.59. The molecule has 0 aliphatic rings. The number of benzene rings is 1. The van der Waals surface area contributed by atoms with E-state index in [1.165, 1.54) is 4.88 Å². The number of ether oxygens (including phenoxy) is 1. The van der Waals surface area contributed by atoms with E-state index in [9.17, 15) is 0 Å². The molecule has 0 radical (unpaired) electrons. The van der Waals surface area contributed by atoms with Crippen molar-refractivity contribution >= 4 is 17.0 Å². The van der Waals surface area contributed by atoms with E-state index in [0.29, 0.717) is 6.61 Å². The fourth-order valence-electron chi connectivity index (χ4n) is 1.88. The Labute approximate surface area is 125 Å². The molecule has 1 heterocycles. The second kappa shape index (κ2) is 7.92. The van der Waals surface area contributed by atoms with E-state index >= 15 is 0 Å². The minimum atomic E-state index is 0.696. The van der Waals surface area contributed by atoms with Crippen molar-refractivity contribution in [2.24, 2.45) is 0 Å². The van der Waals surface area contributed by atoms with Crippen LogP contribution in [0.4, 0.5) is 5.69 Å². The van der Waals surface area contributed by atoms with Gasteiger partial charge in [0.1, 0.15) is 12.4 Å². The number of rotatable bonds is 8. The number of hydrogen-bond donors (Lipinski definition) is 1. The Kier molecular flexibility index (Phi) is 5.89. The third-order valence-electron chi connectivity index (χ3n) is 3.01. The lowest BCUT2D eigenvalue weighted by Crippen LogP contribution is -2.23. The molecular formula is C16H22N2OS. The van der Waals surface area contributed by atoms with Crippen molar-refractivity contribution < 1.29 is 4.74 Å². The van der Waals surface area contributed by atoms with Crippen molar-refractivity contribution in [1.82, 2.24) is 5.32 Å². The SMILES string of the molecule is CN(C)c1cccc(OCCNCCc2cccs2)c1. The Morgan fingerprint density at radius 2 is 2.05 bits per heavy atom. The number of hydrogen-bond acceptors (Lipinski definition) is 4. The van der Waals surface area contributed by atoms with E-state index in [2.05, 4.69) is 39.9 Å². The van der Waals surface area contributed by atoms with Crippen LogP contribution in [0.3, 0.4) is 0 Å². The molecule has 3 nitrogen and oxygen atoms in total. The quantitative estimate of drug-likeness (QED) is 0.756. The number of thiophene rings is 1. The molecule has 0 aliphatic heterocycles. The molecule has 0 unspecified atom stereocenters. The zero-order valence-corrected chi connectivity index (χ0v) is 13.0. The molecule has 0 bridgehead atoms. The Hall–Kier alpha value is -1.52. The highest BCUT2D eigenvalue weighted by Crippen LogP contribution is 2.18. The molecule has 0 saturated carbocycles. The maximum atomic E-state index is 5.75. The van der Waals surface area contributed by atoms with Crippen LogP contribution in [0.15, 0.2) is 41.8 Å². The second-order valence-corrected chi connectivity index (χ2v) is 5.85. The average molecular weight is 290 g/mol. The Morgan fingerprint density at radius 1 is 1.15 bits per heavy atom. The smallest absolute Gasteiger partial charge is 0.121 e. The van der Waals surface area contributed by atoms with Crippen molar-refractivity contribution in [3.8, 4) is 5.75 Å². The van der Waals surface area contributed by atoms with Gasteiger partial charge >= 0.3 is 0 Å². The topological polar surface area (TPSA) is 24.5 Å². The van der Waals surface area contributed by atoms with Crippen LogP contribution in [0, 0.1) is 0 Å². The van der Waals surface area contributed by atoms with Gasteiger partial charge in [0.15, 0.2) is 0 Å². The van der Waals surface area contributed by atoms with Crippen molar-refractivity contribution in [1.29, 1.82) is 0 Å². The van der Waals surface area contributed by atoms with Gasteiger partial charge in [0.25, 0.3) is 0 Å². The average Bonchev–Trinajstić information content (AvgIpc) is 2.96. The minimum Gasteiger partial charge on any atom is -0.492 e. The molecule has 108 valence electrons. The predicted molar refractivity (Wildman–Crippen MR) is 87.2 cm³/mol. The van der Waals surface area contributed by atoms with Crippen molar-refractivity contribution in [2.75, 3.05) is 38.7 Å². The standard InChI is InChI=1S/C16H22N2OS/c1-18(2)14-5-3-6-15(13-14)19-11-10-17-9-8-16-7-4-12-20-16/h3-7,12-13,17H,8-11H2,1-2H3. The van der Waals surface area contributed by atoms with Gasteiger partial charge in [-0.05, 0) is 30.0 Å². The van der Waals surface area contributed by atoms with Crippen LogP contribution in [0.5, 0.6) is 5.75 Å². The summed E-state index contributed by atoms with van der Waals surface area (Å²) in [5.74, 6) is 0.927. The van der Waals surface area contributed by atoms with Crippen molar-refractivity contribution in [2.45, 2.75) is 6.42 Å². The van der Waals surface area contributed by atoms with Gasteiger partial charge in [-0.25, -0.2) is 0 Å². The normalized spacial score (nSPS) is 10.5. The molecule has 0 spiro atoms. The summed E-state index contributed by atoms with van der Waals surface area (Å²) in [6.45, 7) is 2.57. The van der Waals surface area contributed by atoms with Crippen LogP contribution in [0.25, 0.3) is 0 Å². The minimum absolute atomic E-state index is 0.696. The second-order valence-electron chi connectivity index (χ2n) is 4.82. The van der Waals surface area contributed by atoms with Crippen LogP contribution >= 0.6 is 11.3 Å². The monoisotopic (exact) mass is 290 g/mol. The molecule has 0 atom stereocenters. The summed E-state index contributed by atoms with van der Waals surface area (Å²) >= 11 is 1.81. The zero-order valence-electron chi connectivity index (χ0n) is 12.1. The largest absolute Gasteiger partial charge is 0.492 e. The van der Waals surface area contributed by atoms with Gasteiger partial charge in [0, 0.05) is 43.8 Å². The van der Waals surface area contributed by atoms with Gasteiger partial charge in [0.2, 0.25) is 0 Å². The summed E-state index contributed by atoms with van der Waals surface area (Å²) in [5, 5.41) is 5.52. The van der Waals surface area contributed by atoms with Gasteiger partial charge in [-0.15, -0.1) is 11.3 Å². The Balaban J connectivity index is 1.62. The predicted octanol–water partition coefficient (Wildman–Crippen LogP) is 3.03. The van der Waals surface area contributed by atoms with E-state index in [1.807, 2.05) is 37.6 Å². The molecule has 2 aromatic rings. The molecular weight excluding hydrogens is 268 g/mol.